The Bertz CT molecular complexity index is 3100. The Morgan fingerprint density at radius 3 is 1.85 bits per heavy atom. The zero-order chi connectivity index (χ0) is 31.3. The van der Waals surface area contributed by atoms with Gasteiger partial charge in [0.05, 0.1) is 17.3 Å². The van der Waals surface area contributed by atoms with E-state index in [-0.39, 0.29) is 0 Å². The summed E-state index contributed by atoms with van der Waals surface area (Å²) in [6, 6.07) is 49.2. The summed E-state index contributed by atoms with van der Waals surface area (Å²) in [6.45, 7) is 0. The van der Waals surface area contributed by atoms with E-state index in [9.17, 15) is 0 Å². The van der Waals surface area contributed by atoms with Gasteiger partial charge in [-0.15, -0.1) is 0 Å². The second-order valence-corrected chi connectivity index (χ2v) is 12.5. The highest BCUT2D eigenvalue weighted by molar-refractivity contribution is 6.26. The van der Waals surface area contributed by atoms with Gasteiger partial charge in [0.2, 0.25) is 5.71 Å². The largest absolute Gasteiger partial charge is 0.456 e. The quantitative estimate of drug-likeness (QED) is 0.182. The molecule has 11 rings (SSSR count). The Balaban J connectivity index is 1.07. The highest BCUT2D eigenvalue weighted by atomic mass is 16.3. The fraction of sp³-hybridized carbons (Fsp3) is 0. The number of fused-ring (bicyclic) bond motifs is 14. The summed E-state index contributed by atoms with van der Waals surface area (Å²) in [6.07, 6.45) is 1.85. The summed E-state index contributed by atoms with van der Waals surface area (Å²) in [5.41, 5.74) is 7.71. The first-order valence-electron chi connectivity index (χ1n) is 16.1. The number of furan rings is 2. The van der Waals surface area contributed by atoms with Crippen LogP contribution in [0.15, 0.2) is 155 Å². The summed E-state index contributed by atoms with van der Waals surface area (Å²) in [4.78, 5) is 9.90. The minimum atomic E-state index is 0.530. The molecule has 0 unspecified atom stereocenters. The van der Waals surface area contributed by atoms with E-state index in [1.54, 1.807) is 0 Å². The highest BCUT2D eigenvalue weighted by Gasteiger charge is 2.18. The van der Waals surface area contributed by atoms with Crippen LogP contribution in [0.4, 0.5) is 0 Å². The summed E-state index contributed by atoms with van der Waals surface area (Å²) >= 11 is 0. The first-order valence-corrected chi connectivity index (χ1v) is 16.1. The van der Waals surface area contributed by atoms with Crippen LogP contribution in [-0.4, -0.2) is 9.97 Å². The molecule has 48 heavy (non-hydrogen) atoms. The lowest BCUT2D eigenvalue weighted by molar-refractivity contribution is 0.653. The van der Waals surface area contributed by atoms with Gasteiger partial charge < -0.3 is 8.83 Å². The zero-order valence-electron chi connectivity index (χ0n) is 25.6. The Labute approximate surface area is 273 Å². The Morgan fingerprint density at radius 2 is 1.06 bits per heavy atom. The minimum absolute atomic E-state index is 0.530. The van der Waals surface area contributed by atoms with Crippen LogP contribution >= 0.6 is 0 Å². The fourth-order valence-electron chi connectivity index (χ4n) is 7.74. The highest BCUT2D eigenvalue weighted by Crippen LogP contribution is 2.41. The van der Waals surface area contributed by atoms with Crippen molar-refractivity contribution >= 4 is 87.2 Å². The molecule has 0 fully saturated rings. The van der Waals surface area contributed by atoms with Gasteiger partial charge in [-0.2, -0.15) is 0 Å². The molecule has 0 radical (unpaired) electrons. The van der Waals surface area contributed by atoms with Gasteiger partial charge in [0.15, 0.2) is 0 Å². The molecule has 0 saturated heterocycles. The van der Waals surface area contributed by atoms with E-state index in [0.717, 1.165) is 71.6 Å². The maximum atomic E-state index is 6.50. The predicted molar refractivity (Wildman–Crippen MR) is 197 cm³/mol. The first kappa shape index (κ1) is 25.6. The average Bonchev–Trinajstić information content (AvgIpc) is 3.72. The van der Waals surface area contributed by atoms with Gasteiger partial charge in [0, 0.05) is 16.3 Å². The molecular weight excluding hydrogens is 588 g/mol. The lowest BCUT2D eigenvalue weighted by Gasteiger charge is -2.12. The number of rotatable bonds is 2. The lowest BCUT2D eigenvalue weighted by atomic mass is 9.92. The Hall–Kier alpha value is -6.52. The summed E-state index contributed by atoms with van der Waals surface area (Å²) in [5.74, 6) is 0. The number of aromatic nitrogens is 2. The van der Waals surface area contributed by atoms with E-state index >= 15 is 0 Å². The van der Waals surface area contributed by atoms with Crippen molar-refractivity contribution in [2.24, 2.45) is 0 Å². The molecule has 4 nitrogen and oxygen atoms in total. The first-order chi connectivity index (χ1) is 23.8. The Morgan fingerprint density at radius 1 is 0.417 bits per heavy atom. The Kier molecular flexibility index (Phi) is 5.08. The maximum Gasteiger partial charge on any atom is 0.246 e. The van der Waals surface area contributed by atoms with E-state index < -0.39 is 0 Å². The van der Waals surface area contributed by atoms with Gasteiger partial charge in [-0.05, 0) is 84.5 Å². The van der Waals surface area contributed by atoms with Crippen LogP contribution in [0.5, 0.6) is 0 Å². The summed E-state index contributed by atoms with van der Waals surface area (Å²) in [7, 11) is 0. The monoisotopic (exact) mass is 612 g/mol. The molecule has 0 aliphatic heterocycles. The van der Waals surface area contributed by atoms with E-state index in [0.29, 0.717) is 5.71 Å². The number of nitrogens with zero attached hydrogens (tertiary/aromatic N) is 2. The molecule has 0 bridgehead atoms. The van der Waals surface area contributed by atoms with Crippen molar-refractivity contribution in [3.05, 3.63) is 146 Å². The van der Waals surface area contributed by atoms with Crippen LogP contribution in [0.3, 0.4) is 0 Å². The van der Waals surface area contributed by atoms with Crippen molar-refractivity contribution in [2.75, 3.05) is 0 Å². The smallest absolute Gasteiger partial charge is 0.246 e. The standard InChI is InChI=1S/C44H24N2O2/c1-2-9-28-25(8-1)18-21-39-42(28)43-44(48-39)46-37(24-45-43)34-14-7-15-38-41(34)35-20-17-27(23-40(35)47-38)26-16-19-33-31-12-4-3-10-29(31)30-11-5-6-13-32(30)36(33)22-26/h1-24H. The predicted octanol–water partition coefficient (Wildman–Crippen LogP) is 12.2. The summed E-state index contributed by atoms with van der Waals surface area (Å²) in [5, 5.41) is 12.9. The van der Waals surface area contributed by atoms with E-state index in [1.807, 2.05) is 36.5 Å². The van der Waals surface area contributed by atoms with Gasteiger partial charge in [0.25, 0.3) is 0 Å². The van der Waals surface area contributed by atoms with Crippen molar-refractivity contribution in [1.29, 1.82) is 0 Å². The normalized spacial score (nSPS) is 12.2. The molecule has 0 N–H and O–H groups in total. The van der Waals surface area contributed by atoms with Crippen LogP contribution in [-0.2, 0) is 0 Å². The van der Waals surface area contributed by atoms with Crippen molar-refractivity contribution < 1.29 is 8.83 Å². The topological polar surface area (TPSA) is 52.1 Å². The molecule has 222 valence electrons. The van der Waals surface area contributed by atoms with Crippen molar-refractivity contribution in [1.82, 2.24) is 9.97 Å². The molecule has 4 heteroatoms. The van der Waals surface area contributed by atoms with Gasteiger partial charge in [-0.3, -0.25) is 0 Å². The second kappa shape index (κ2) is 9.50. The van der Waals surface area contributed by atoms with Gasteiger partial charge in [0.1, 0.15) is 22.3 Å². The molecule has 0 aliphatic rings. The van der Waals surface area contributed by atoms with Crippen molar-refractivity contribution in [3.63, 3.8) is 0 Å². The van der Waals surface area contributed by atoms with Crippen LogP contribution in [0, 0.1) is 0 Å². The van der Waals surface area contributed by atoms with Gasteiger partial charge >= 0.3 is 0 Å². The second-order valence-electron chi connectivity index (χ2n) is 12.5. The molecule has 3 aromatic heterocycles. The van der Waals surface area contributed by atoms with Crippen molar-refractivity contribution in [3.8, 4) is 22.4 Å². The van der Waals surface area contributed by atoms with Gasteiger partial charge in [-0.1, -0.05) is 109 Å². The molecular formula is C44H24N2O2. The SMILES string of the molecule is c1ccc2c(c1)ccc1oc3nc(-c4cccc5oc6cc(-c7ccc8c9ccccc9c9ccccc9c8c7)ccc6c45)cnc3c12. The zero-order valence-corrected chi connectivity index (χ0v) is 25.6. The molecule has 8 aromatic carbocycles. The summed E-state index contributed by atoms with van der Waals surface area (Å²) < 4.78 is 12.8. The molecule has 0 spiro atoms. The number of benzene rings is 8. The van der Waals surface area contributed by atoms with E-state index in [4.69, 9.17) is 18.8 Å². The molecule has 0 aliphatic carbocycles. The third-order valence-electron chi connectivity index (χ3n) is 9.93. The molecule has 0 saturated carbocycles. The molecule has 11 aromatic rings. The van der Waals surface area contributed by atoms with Crippen LogP contribution in [0.2, 0.25) is 0 Å². The third-order valence-corrected chi connectivity index (χ3v) is 9.93. The van der Waals surface area contributed by atoms with Crippen LogP contribution in [0.1, 0.15) is 0 Å². The minimum Gasteiger partial charge on any atom is -0.456 e. The van der Waals surface area contributed by atoms with Crippen LogP contribution < -0.4 is 0 Å². The van der Waals surface area contributed by atoms with E-state index in [2.05, 4.69) is 109 Å². The van der Waals surface area contributed by atoms with E-state index in [1.165, 1.54) is 32.3 Å². The number of hydrogen-bond donors (Lipinski definition) is 0. The maximum absolute atomic E-state index is 6.50. The molecule has 3 heterocycles. The molecule has 0 atom stereocenters. The number of hydrogen-bond acceptors (Lipinski definition) is 4. The average molecular weight is 613 g/mol. The lowest BCUT2D eigenvalue weighted by Crippen LogP contribution is -1.87. The molecule has 0 amide bonds. The third kappa shape index (κ3) is 3.54. The van der Waals surface area contributed by atoms with Crippen LogP contribution in [0.25, 0.3) is 110 Å². The van der Waals surface area contributed by atoms with Crippen molar-refractivity contribution in [2.45, 2.75) is 0 Å². The fourth-order valence-corrected chi connectivity index (χ4v) is 7.74. The van der Waals surface area contributed by atoms with Gasteiger partial charge in [-0.25, -0.2) is 9.97 Å².